The third kappa shape index (κ3) is 6.05. The predicted octanol–water partition coefficient (Wildman–Crippen LogP) is 2.07. The molecule has 3 unspecified atom stereocenters. The van der Waals surface area contributed by atoms with E-state index >= 15 is 0 Å². The summed E-state index contributed by atoms with van der Waals surface area (Å²) in [5, 5.41) is 3.49. The number of hydrogen-bond acceptors (Lipinski definition) is 4. The first-order chi connectivity index (χ1) is 12.7. The normalized spacial score (nSPS) is 27.3. The van der Waals surface area contributed by atoms with Crippen LogP contribution in [0.4, 0.5) is 0 Å². The number of halogens is 1. The van der Waals surface area contributed by atoms with Crippen LogP contribution >= 0.6 is 24.0 Å². The van der Waals surface area contributed by atoms with E-state index in [4.69, 9.17) is 9.73 Å². The van der Waals surface area contributed by atoms with Gasteiger partial charge in [-0.05, 0) is 26.2 Å². The highest BCUT2D eigenvalue weighted by atomic mass is 127. The number of morpholine rings is 1. The van der Waals surface area contributed by atoms with Crippen molar-refractivity contribution in [2.75, 3.05) is 52.5 Å². The average molecular weight is 490 g/mol. The molecule has 0 spiro atoms. The lowest BCUT2D eigenvalue weighted by atomic mass is 9.93. The fraction of sp³-hybridized carbons (Fsp3) is 0.789. The number of imidazole rings is 1. The molecule has 1 aromatic rings. The molecule has 2 aliphatic heterocycles. The molecule has 2 saturated heterocycles. The predicted molar refractivity (Wildman–Crippen MR) is 120 cm³/mol. The molecular formula is C19H35IN6O. The summed E-state index contributed by atoms with van der Waals surface area (Å²) in [6.45, 7) is 14.2. The molecule has 2 aliphatic rings. The summed E-state index contributed by atoms with van der Waals surface area (Å²) in [5.74, 6) is 1.70. The number of rotatable bonds is 5. The van der Waals surface area contributed by atoms with Crippen molar-refractivity contribution in [1.29, 1.82) is 0 Å². The zero-order valence-electron chi connectivity index (χ0n) is 16.9. The van der Waals surface area contributed by atoms with Gasteiger partial charge in [-0.25, -0.2) is 4.98 Å². The van der Waals surface area contributed by atoms with E-state index in [-0.39, 0.29) is 24.0 Å². The Morgan fingerprint density at radius 3 is 2.89 bits per heavy atom. The molecule has 2 fully saturated rings. The van der Waals surface area contributed by atoms with Gasteiger partial charge in [-0.1, -0.05) is 6.92 Å². The fourth-order valence-electron chi connectivity index (χ4n) is 3.90. The van der Waals surface area contributed by atoms with Crippen LogP contribution in [0.5, 0.6) is 0 Å². The Kier molecular flexibility index (Phi) is 9.31. The van der Waals surface area contributed by atoms with Crippen LogP contribution in [0, 0.1) is 5.92 Å². The highest BCUT2D eigenvalue weighted by molar-refractivity contribution is 14.0. The Morgan fingerprint density at radius 1 is 1.33 bits per heavy atom. The molecule has 0 aliphatic carbocycles. The van der Waals surface area contributed by atoms with Crippen LogP contribution in [-0.4, -0.2) is 83.8 Å². The molecule has 0 bridgehead atoms. The van der Waals surface area contributed by atoms with Crippen LogP contribution in [0.1, 0.15) is 33.2 Å². The molecule has 154 valence electrons. The monoisotopic (exact) mass is 490 g/mol. The minimum absolute atomic E-state index is 0. The SMILES string of the molecule is CCNC(=NCCN1CCOCC1C)N1CCC(C)C(n2ccnc2)C1.I. The number of aliphatic imine (C=N–C) groups is 1. The van der Waals surface area contributed by atoms with Gasteiger partial charge in [0.05, 0.1) is 32.1 Å². The number of guanidine groups is 1. The summed E-state index contributed by atoms with van der Waals surface area (Å²) in [6.07, 6.45) is 7.06. The Hall–Kier alpha value is -0.870. The van der Waals surface area contributed by atoms with Crippen LogP contribution in [-0.2, 0) is 4.74 Å². The first kappa shape index (κ1) is 22.4. The van der Waals surface area contributed by atoms with E-state index in [0.29, 0.717) is 18.0 Å². The van der Waals surface area contributed by atoms with Crippen molar-refractivity contribution in [2.45, 2.75) is 39.3 Å². The van der Waals surface area contributed by atoms with E-state index in [1.807, 2.05) is 12.5 Å². The molecule has 3 rings (SSSR count). The molecule has 0 saturated carbocycles. The maximum Gasteiger partial charge on any atom is 0.194 e. The van der Waals surface area contributed by atoms with E-state index in [9.17, 15) is 0 Å². The lowest BCUT2D eigenvalue weighted by molar-refractivity contribution is 0.00138. The van der Waals surface area contributed by atoms with Gasteiger partial charge >= 0.3 is 0 Å². The van der Waals surface area contributed by atoms with Crippen molar-refractivity contribution in [3.05, 3.63) is 18.7 Å². The number of nitrogens with zero attached hydrogens (tertiary/aromatic N) is 5. The first-order valence-electron chi connectivity index (χ1n) is 10.0. The number of nitrogens with one attached hydrogen (secondary N) is 1. The average Bonchev–Trinajstić information content (AvgIpc) is 3.17. The first-order valence-corrected chi connectivity index (χ1v) is 10.0. The molecule has 0 amide bonds. The van der Waals surface area contributed by atoms with Crippen LogP contribution < -0.4 is 5.32 Å². The molecule has 8 heteroatoms. The van der Waals surface area contributed by atoms with Gasteiger partial charge in [0, 0.05) is 51.2 Å². The van der Waals surface area contributed by atoms with Crippen molar-refractivity contribution in [2.24, 2.45) is 10.9 Å². The second kappa shape index (κ2) is 11.2. The van der Waals surface area contributed by atoms with Crippen LogP contribution in [0.3, 0.4) is 0 Å². The summed E-state index contributed by atoms with van der Waals surface area (Å²) < 4.78 is 7.77. The fourth-order valence-corrected chi connectivity index (χ4v) is 3.90. The van der Waals surface area contributed by atoms with Crippen LogP contribution in [0.2, 0.25) is 0 Å². The van der Waals surface area contributed by atoms with Crippen molar-refractivity contribution in [1.82, 2.24) is 24.7 Å². The summed E-state index contributed by atoms with van der Waals surface area (Å²) in [7, 11) is 0. The Balaban J connectivity index is 0.00000261. The number of hydrogen-bond donors (Lipinski definition) is 1. The highest BCUT2D eigenvalue weighted by Gasteiger charge is 2.29. The third-order valence-electron chi connectivity index (χ3n) is 5.61. The standard InChI is InChI=1S/C19H34N6O.HI/c1-4-21-19(22-7-10-23-11-12-26-14-17(23)3)24-8-5-16(2)18(13-24)25-9-6-20-15-25;/h6,9,15-18H,4-5,7-8,10-14H2,1-3H3,(H,21,22);1H. The smallest absolute Gasteiger partial charge is 0.194 e. The number of piperidine rings is 1. The van der Waals surface area contributed by atoms with Gasteiger partial charge in [-0.3, -0.25) is 9.89 Å². The Labute approximate surface area is 180 Å². The van der Waals surface area contributed by atoms with Gasteiger partial charge in [0.25, 0.3) is 0 Å². The summed E-state index contributed by atoms with van der Waals surface area (Å²) in [6, 6.07) is 0.942. The zero-order chi connectivity index (χ0) is 18.4. The van der Waals surface area contributed by atoms with Crippen molar-refractivity contribution >= 4 is 29.9 Å². The largest absolute Gasteiger partial charge is 0.379 e. The molecule has 27 heavy (non-hydrogen) atoms. The molecule has 0 radical (unpaired) electrons. The van der Waals surface area contributed by atoms with Gasteiger partial charge in [-0.15, -0.1) is 24.0 Å². The van der Waals surface area contributed by atoms with E-state index in [1.165, 1.54) is 6.42 Å². The Bertz CT molecular complexity index is 567. The summed E-state index contributed by atoms with van der Waals surface area (Å²) in [5.41, 5.74) is 0. The molecule has 1 N–H and O–H groups in total. The van der Waals surface area contributed by atoms with Gasteiger partial charge < -0.3 is 19.5 Å². The van der Waals surface area contributed by atoms with Crippen molar-refractivity contribution in [3.8, 4) is 0 Å². The summed E-state index contributed by atoms with van der Waals surface area (Å²) in [4.78, 5) is 14.0. The van der Waals surface area contributed by atoms with Crippen LogP contribution in [0.25, 0.3) is 0 Å². The molecular weight excluding hydrogens is 455 g/mol. The molecule has 1 aromatic heterocycles. The molecule has 0 aromatic carbocycles. The lowest BCUT2D eigenvalue weighted by Gasteiger charge is -2.39. The Morgan fingerprint density at radius 2 is 2.19 bits per heavy atom. The zero-order valence-corrected chi connectivity index (χ0v) is 19.2. The van der Waals surface area contributed by atoms with E-state index in [0.717, 1.165) is 58.4 Å². The van der Waals surface area contributed by atoms with E-state index in [2.05, 4.69) is 51.6 Å². The second-order valence-electron chi connectivity index (χ2n) is 7.48. The second-order valence-corrected chi connectivity index (χ2v) is 7.48. The van der Waals surface area contributed by atoms with E-state index in [1.54, 1.807) is 0 Å². The minimum atomic E-state index is 0. The van der Waals surface area contributed by atoms with Crippen LogP contribution in [0.15, 0.2) is 23.7 Å². The lowest BCUT2D eigenvalue weighted by Crippen LogP contribution is -2.49. The van der Waals surface area contributed by atoms with Gasteiger partial charge in [-0.2, -0.15) is 0 Å². The van der Waals surface area contributed by atoms with Gasteiger partial charge in [0.2, 0.25) is 0 Å². The maximum absolute atomic E-state index is 5.52. The number of likely N-dealkylation sites (tertiary alicyclic amines) is 1. The molecule has 7 nitrogen and oxygen atoms in total. The topological polar surface area (TPSA) is 57.9 Å². The number of aromatic nitrogens is 2. The summed E-state index contributed by atoms with van der Waals surface area (Å²) >= 11 is 0. The number of ether oxygens (including phenoxy) is 1. The molecule has 3 heterocycles. The molecule has 3 atom stereocenters. The van der Waals surface area contributed by atoms with E-state index < -0.39 is 0 Å². The van der Waals surface area contributed by atoms with Crippen molar-refractivity contribution in [3.63, 3.8) is 0 Å². The van der Waals surface area contributed by atoms with Gasteiger partial charge in [0.15, 0.2) is 5.96 Å². The van der Waals surface area contributed by atoms with Gasteiger partial charge in [0.1, 0.15) is 0 Å². The quantitative estimate of drug-likeness (QED) is 0.389. The minimum Gasteiger partial charge on any atom is -0.379 e. The third-order valence-corrected chi connectivity index (χ3v) is 5.61. The van der Waals surface area contributed by atoms with Crippen molar-refractivity contribution < 1.29 is 4.74 Å². The highest BCUT2D eigenvalue weighted by Crippen LogP contribution is 2.27. The maximum atomic E-state index is 5.52.